The lowest BCUT2D eigenvalue weighted by molar-refractivity contribution is 0.542. The Morgan fingerprint density at radius 1 is 0.955 bits per heavy atom. The van der Waals surface area contributed by atoms with Crippen molar-refractivity contribution in [2.24, 2.45) is 0 Å². The Kier molecular flexibility index (Phi) is 3.63. The Bertz CT molecular complexity index is 744. The van der Waals surface area contributed by atoms with Crippen LogP contribution in [0.15, 0.2) is 54.6 Å². The van der Waals surface area contributed by atoms with Crippen molar-refractivity contribution in [2.75, 3.05) is 5.32 Å². The van der Waals surface area contributed by atoms with E-state index < -0.39 is 5.54 Å². The molecule has 3 aromatic rings. The number of hydrogen-bond acceptors (Lipinski definition) is 4. The van der Waals surface area contributed by atoms with Crippen LogP contribution in [-0.2, 0) is 5.54 Å². The number of aromatic nitrogens is 4. The van der Waals surface area contributed by atoms with Crippen LogP contribution in [0.5, 0.6) is 0 Å². The molecule has 0 aliphatic rings. The number of para-hydroxylation sites is 1. The third kappa shape index (κ3) is 2.83. The second kappa shape index (κ2) is 5.60. The monoisotopic (exact) mass is 293 g/mol. The Labute approximate surface area is 130 Å². The first-order valence-electron chi connectivity index (χ1n) is 7.25. The minimum Gasteiger partial charge on any atom is -0.373 e. The maximum atomic E-state index is 4.22. The molecule has 0 aliphatic heterocycles. The molecular weight excluding hydrogens is 274 g/mol. The Morgan fingerprint density at radius 3 is 2.32 bits per heavy atom. The number of tetrazole rings is 1. The van der Waals surface area contributed by atoms with Crippen molar-refractivity contribution in [1.29, 1.82) is 0 Å². The Hall–Kier alpha value is -2.69. The first-order valence-corrected chi connectivity index (χ1v) is 7.25. The van der Waals surface area contributed by atoms with Crippen LogP contribution in [0.3, 0.4) is 0 Å². The second-order valence-electron chi connectivity index (χ2n) is 5.87. The number of nitrogens with one attached hydrogen (secondary N) is 1. The third-order valence-electron chi connectivity index (χ3n) is 3.54. The molecule has 0 aliphatic carbocycles. The van der Waals surface area contributed by atoms with Gasteiger partial charge in [-0.2, -0.15) is 4.68 Å². The van der Waals surface area contributed by atoms with Crippen molar-refractivity contribution in [3.8, 4) is 5.69 Å². The average molecular weight is 293 g/mol. The summed E-state index contributed by atoms with van der Waals surface area (Å²) in [6, 6.07) is 18.2. The van der Waals surface area contributed by atoms with Crippen LogP contribution in [0, 0.1) is 6.92 Å². The van der Waals surface area contributed by atoms with Gasteiger partial charge in [-0.3, -0.25) is 0 Å². The number of hydrogen-bond donors (Lipinski definition) is 1. The summed E-state index contributed by atoms with van der Waals surface area (Å²) >= 11 is 0. The van der Waals surface area contributed by atoms with Crippen LogP contribution in [0.1, 0.15) is 25.2 Å². The summed E-state index contributed by atoms with van der Waals surface area (Å²) in [4.78, 5) is 0. The van der Waals surface area contributed by atoms with Crippen molar-refractivity contribution in [3.05, 3.63) is 66.0 Å². The van der Waals surface area contributed by atoms with E-state index in [1.165, 1.54) is 5.56 Å². The summed E-state index contributed by atoms with van der Waals surface area (Å²) in [6.45, 7) is 6.21. The summed E-state index contributed by atoms with van der Waals surface area (Å²) < 4.78 is 1.77. The van der Waals surface area contributed by atoms with Gasteiger partial charge in [0.25, 0.3) is 0 Å². The predicted molar refractivity (Wildman–Crippen MR) is 87.0 cm³/mol. The van der Waals surface area contributed by atoms with Crippen LogP contribution in [0.2, 0.25) is 0 Å². The van der Waals surface area contributed by atoms with E-state index in [1.54, 1.807) is 4.68 Å². The zero-order valence-corrected chi connectivity index (χ0v) is 13.0. The quantitative estimate of drug-likeness (QED) is 0.801. The van der Waals surface area contributed by atoms with E-state index in [0.29, 0.717) is 0 Å². The molecule has 1 aromatic heterocycles. The largest absolute Gasteiger partial charge is 0.373 e. The highest BCUT2D eigenvalue weighted by Crippen LogP contribution is 2.25. The second-order valence-corrected chi connectivity index (χ2v) is 5.87. The van der Waals surface area contributed by atoms with Crippen LogP contribution >= 0.6 is 0 Å². The van der Waals surface area contributed by atoms with Gasteiger partial charge in [0.2, 0.25) is 0 Å². The topological polar surface area (TPSA) is 55.6 Å². The summed E-state index contributed by atoms with van der Waals surface area (Å²) in [6.07, 6.45) is 0. The predicted octanol–water partition coefficient (Wildman–Crippen LogP) is 3.32. The van der Waals surface area contributed by atoms with Gasteiger partial charge in [-0.05, 0) is 55.5 Å². The number of benzene rings is 2. The molecule has 3 rings (SSSR count). The molecule has 5 nitrogen and oxygen atoms in total. The lowest BCUT2D eigenvalue weighted by Crippen LogP contribution is -2.31. The molecule has 0 fully saturated rings. The number of aryl methyl sites for hydroxylation is 1. The molecule has 22 heavy (non-hydrogen) atoms. The molecule has 0 bridgehead atoms. The highest BCUT2D eigenvalue weighted by molar-refractivity contribution is 5.47. The molecule has 0 spiro atoms. The summed E-state index contributed by atoms with van der Waals surface area (Å²) in [7, 11) is 0. The van der Waals surface area contributed by atoms with E-state index in [2.05, 4.69) is 65.9 Å². The van der Waals surface area contributed by atoms with E-state index in [0.717, 1.165) is 17.2 Å². The highest BCUT2D eigenvalue weighted by Gasteiger charge is 2.28. The minimum atomic E-state index is -0.408. The molecule has 0 radical (unpaired) electrons. The normalized spacial score (nSPS) is 11.4. The molecule has 0 saturated heterocycles. The Morgan fingerprint density at radius 2 is 1.64 bits per heavy atom. The van der Waals surface area contributed by atoms with Gasteiger partial charge in [0.1, 0.15) is 0 Å². The molecule has 1 heterocycles. The molecular formula is C17H19N5. The van der Waals surface area contributed by atoms with Gasteiger partial charge in [0, 0.05) is 5.69 Å². The molecule has 0 atom stereocenters. The first-order chi connectivity index (χ1) is 10.6. The first kappa shape index (κ1) is 14.3. The lowest BCUT2D eigenvalue weighted by atomic mass is 10.0. The van der Waals surface area contributed by atoms with Gasteiger partial charge >= 0.3 is 0 Å². The van der Waals surface area contributed by atoms with E-state index in [1.807, 2.05) is 30.3 Å². The number of anilines is 1. The summed E-state index contributed by atoms with van der Waals surface area (Å²) in [5.41, 5.74) is 2.81. The SMILES string of the molecule is Cc1ccc(NC(C)(C)c2nnnn2-c2ccccc2)cc1. The zero-order chi connectivity index (χ0) is 15.6. The van der Waals surface area contributed by atoms with Crippen LogP contribution in [0.4, 0.5) is 5.69 Å². The fraction of sp³-hybridized carbons (Fsp3) is 0.235. The van der Waals surface area contributed by atoms with Crippen molar-refractivity contribution >= 4 is 5.69 Å². The molecule has 2 aromatic carbocycles. The fourth-order valence-electron chi connectivity index (χ4n) is 2.37. The zero-order valence-electron chi connectivity index (χ0n) is 13.0. The maximum Gasteiger partial charge on any atom is 0.181 e. The molecule has 0 amide bonds. The van der Waals surface area contributed by atoms with Crippen LogP contribution in [0.25, 0.3) is 5.69 Å². The highest BCUT2D eigenvalue weighted by atomic mass is 15.6. The van der Waals surface area contributed by atoms with Gasteiger partial charge in [0.15, 0.2) is 5.82 Å². The molecule has 0 saturated carbocycles. The van der Waals surface area contributed by atoms with Gasteiger partial charge in [-0.25, -0.2) is 0 Å². The maximum absolute atomic E-state index is 4.22. The summed E-state index contributed by atoms with van der Waals surface area (Å²) in [5, 5.41) is 15.7. The van der Waals surface area contributed by atoms with Crippen LogP contribution in [-0.4, -0.2) is 20.2 Å². The molecule has 112 valence electrons. The van der Waals surface area contributed by atoms with E-state index in [-0.39, 0.29) is 0 Å². The van der Waals surface area contributed by atoms with Crippen molar-refractivity contribution in [2.45, 2.75) is 26.3 Å². The van der Waals surface area contributed by atoms with Gasteiger partial charge in [-0.1, -0.05) is 35.9 Å². The number of nitrogens with zero attached hydrogens (tertiary/aromatic N) is 4. The van der Waals surface area contributed by atoms with Gasteiger partial charge in [0.05, 0.1) is 11.2 Å². The van der Waals surface area contributed by atoms with Crippen LogP contribution < -0.4 is 5.32 Å². The lowest BCUT2D eigenvalue weighted by Gasteiger charge is -2.26. The van der Waals surface area contributed by atoms with Gasteiger partial charge in [-0.15, -0.1) is 5.10 Å². The fourth-order valence-corrected chi connectivity index (χ4v) is 2.37. The van der Waals surface area contributed by atoms with Crippen molar-refractivity contribution < 1.29 is 0 Å². The molecule has 1 N–H and O–H groups in total. The third-order valence-corrected chi connectivity index (χ3v) is 3.54. The van der Waals surface area contributed by atoms with E-state index in [9.17, 15) is 0 Å². The van der Waals surface area contributed by atoms with Crippen molar-refractivity contribution in [3.63, 3.8) is 0 Å². The van der Waals surface area contributed by atoms with Crippen molar-refractivity contribution in [1.82, 2.24) is 20.2 Å². The van der Waals surface area contributed by atoms with E-state index in [4.69, 9.17) is 0 Å². The minimum absolute atomic E-state index is 0.408. The average Bonchev–Trinajstić information content (AvgIpc) is 3.01. The van der Waals surface area contributed by atoms with Gasteiger partial charge < -0.3 is 5.32 Å². The van der Waals surface area contributed by atoms with E-state index >= 15 is 0 Å². The smallest absolute Gasteiger partial charge is 0.181 e. The number of rotatable bonds is 4. The molecule has 0 unspecified atom stereocenters. The molecule has 5 heteroatoms. The Balaban J connectivity index is 1.93. The standard InChI is InChI=1S/C17H19N5/c1-13-9-11-14(12-10-13)18-17(2,3)16-19-20-21-22(16)15-7-5-4-6-8-15/h4-12,18H,1-3H3. The summed E-state index contributed by atoms with van der Waals surface area (Å²) in [5.74, 6) is 0.763.